The fourth-order valence-corrected chi connectivity index (χ4v) is 7.83. The maximum Gasteiger partial charge on any atom is 0.306 e. The number of allylic oxidation sites excluding steroid dienone is 1. The number of fused-ring (bicyclic) bond motifs is 1. The summed E-state index contributed by atoms with van der Waals surface area (Å²) in [5.41, 5.74) is -0.389. The van der Waals surface area contributed by atoms with Gasteiger partial charge in [0.05, 0.1) is 30.6 Å². The van der Waals surface area contributed by atoms with Gasteiger partial charge in [-0.2, -0.15) is 0 Å². The number of amides is 3. The van der Waals surface area contributed by atoms with Crippen LogP contribution in [0.2, 0.25) is 0 Å². The molecule has 3 aliphatic heterocycles. The van der Waals surface area contributed by atoms with Gasteiger partial charge in [0, 0.05) is 25.6 Å². The predicted molar refractivity (Wildman–Crippen MR) is 163 cm³/mol. The highest BCUT2D eigenvalue weighted by atomic mass is 16.5. The summed E-state index contributed by atoms with van der Waals surface area (Å²) >= 11 is 0. The van der Waals surface area contributed by atoms with Gasteiger partial charge in [0.15, 0.2) is 0 Å². The smallest absolute Gasteiger partial charge is 0.306 e. The van der Waals surface area contributed by atoms with Gasteiger partial charge in [-0.25, -0.2) is 0 Å². The summed E-state index contributed by atoms with van der Waals surface area (Å²) in [5.74, 6) is -2.98. The molecule has 3 saturated heterocycles. The molecule has 1 aliphatic carbocycles. The molecule has 1 aromatic rings. The molecule has 4 aliphatic rings. The highest BCUT2D eigenvalue weighted by Gasteiger charge is 2.74. The molecule has 1 spiro atoms. The molecule has 2 bridgehead atoms. The molecular weight excluding hydrogens is 562 g/mol. The van der Waals surface area contributed by atoms with Crippen LogP contribution < -0.4 is 5.32 Å². The highest BCUT2D eigenvalue weighted by molar-refractivity contribution is 5.99. The molecule has 4 fully saturated rings. The van der Waals surface area contributed by atoms with Crippen LogP contribution in [0.3, 0.4) is 0 Å². The molecule has 3 amide bonds. The van der Waals surface area contributed by atoms with Crippen LogP contribution >= 0.6 is 0 Å². The third kappa shape index (κ3) is 6.06. The van der Waals surface area contributed by atoms with E-state index in [0.29, 0.717) is 25.8 Å². The first-order valence-corrected chi connectivity index (χ1v) is 16.0. The Kier molecular flexibility index (Phi) is 10.2. The number of esters is 1. The summed E-state index contributed by atoms with van der Waals surface area (Å²) in [5, 5.41) is 13.0. The van der Waals surface area contributed by atoms with Crippen molar-refractivity contribution in [1.82, 2.24) is 15.1 Å². The summed E-state index contributed by atoms with van der Waals surface area (Å²) in [4.78, 5) is 58.2. The lowest BCUT2D eigenvalue weighted by Gasteiger charge is -2.40. The summed E-state index contributed by atoms with van der Waals surface area (Å²) in [7, 11) is 0. The van der Waals surface area contributed by atoms with Crippen molar-refractivity contribution in [2.45, 2.75) is 87.6 Å². The van der Waals surface area contributed by atoms with Gasteiger partial charge in [0.1, 0.15) is 18.2 Å². The lowest BCUT2D eigenvalue weighted by molar-refractivity contribution is -0.150. The Morgan fingerprint density at radius 3 is 2.57 bits per heavy atom. The van der Waals surface area contributed by atoms with Crippen LogP contribution in [0, 0.1) is 11.8 Å². The first kappa shape index (κ1) is 31.9. The van der Waals surface area contributed by atoms with Crippen LogP contribution in [-0.2, 0) is 28.7 Å². The van der Waals surface area contributed by atoms with Gasteiger partial charge < -0.3 is 29.7 Å². The summed E-state index contributed by atoms with van der Waals surface area (Å²) in [6.07, 6.45) is 9.53. The number of aliphatic hydroxyl groups is 1. The van der Waals surface area contributed by atoms with E-state index in [1.54, 1.807) is 12.2 Å². The Hall–Kier alpha value is -3.50. The zero-order chi connectivity index (χ0) is 31.3. The number of β-amino-alcohol motifs (C(OH)–C–C–N with tert-alkyl or cyclic N) is 1. The van der Waals surface area contributed by atoms with Crippen molar-refractivity contribution in [3.05, 3.63) is 61.2 Å². The van der Waals surface area contributed by atoms with Gasteiger partial charge in [-0.15, -0.1) is 13.2 Å². The predicted octanol–water partition coefficient (Wildman–Crippen LogP) is 3.07. The number of carbonyl (C=O) groups excluding carboxylic acids is 4. The van der Waals surface area contributed by atoms with Crippen LogP contribution in [0.25, 0.3) is 0 Å². The average molecular weight is 608 g/mol. The molecule has 44 heavy (non-hydrogen) atoms. The summed E-state index contributed by atoms with van der Waals surface area (Å²) in [6.45, 7) is 7.48. The van der Waals surface area contributed by atoms with E-state index in [-0.39, 0.29) is 49.9 Å². The van der Waals surface area contributed by atoms with Gasteiger partial charge in [-0.1, -0.05) is 61.7 Å². The van der Waals surface area contributed by atoms with E-state index in [1.807, 2.05) is 35.2 Å². The molecule has 0 unspecified atom stereocenters. The molecule has 10 heteroatoms. The molecule has 3 heterocycles. The first-order chi connectivity index (χ1) is 21.4. The Bertz CT molecular complexity index is 1230. The summed E-state index contributed by atoms with van der Waals surface area (Å²) in [6, 6.07) is 7.73. The van der Waals surface area contributed by atoms with Gasteiger partial charge in [-0.05, 0) is 37.7 Å². The van der Waals surface area contributed by atoms with Gasteiger partial charge in [0.25, 0.3) is 0 Å². The van der Waals surface area contributed by atoms with E-state index < -0.39 is 41.6 Å². The molecular formula is C34H45N3O7. The summed E-state index contributed by atoms with van der Waals surface area (Å²) < 4.78 is 12.1. The number of rotatable bonds is 14. The molecule has 1 aromatic carbocycles. The van der Waals surface area contributed by atoms with Crippen LogP contribution in [0.1, 0.15) is 69.4 Å². The number of hydrogen-bond donors (Lipinski definition) is 2. The Balaban J connectivity index is 1.40. The molecule has 0 radical (unpaired) electrons. The van der Waals surface area contributed by atoms with E-state index in [9.17, 15) is 24.3 Å². The number of nitrogens with one attached hydrogen (secondary N) is 1. The second-order valence-electron chi connectivity index (χ2n) is 12.4. The van der Waals surface area contributed by atoms with Crippen molar-refractivity contribution >= 4 is 23.7 Å². The minimum atomic E-state index is -1.15. The Morgan fingerprint density at radius 2 is 1.89 bits per heavy atom. The number of likely N-dealkylation sites (tertiary alicyclic amines) is 1. The molecule has 6 atom stereocenters. The van der Waals surface area contributed by atoms with E-state index in [4.69, 9.17) is 9.47 Å². The van der Waals surface area contributed by atoms with Crippen molar-refractivity contribution in [3.8, 4) is 0 Å². The van der Waals surface area contributed by atoms with Crippen molar-refractivity contribution in [3.63, 3.8) is 0 Å². The Labute approximate surface area is 259 Å². The highest BCUT2D eigenvalue weighted by Crippen LogP contribution is 2.58. The quantitative estimate of drug-likeness (QED) is 0.246. The van der Waals surface area contributed by atoms with E-state index in [0.717, 1.165) is 37.7 Å². The monoisotopic (exact) mass is 607 g/mol. The van der Waals surface area contributed by atoms with E-state index >= 15 is 0 Å². The third-order valence-electron chi connectivity index (χ3n) is 9.78. The van der Waals surface area contributed by atoms with Crippen LogP contribution in [0.5, 0.6) is 0 Å². The molecule has 1 saturated carbocycles. The van der Waals surface area contributed by atoms with Crippen molar-refractivity contribution in [2.24, 2.45) is 11.8 Å². The number of nitrogens with zero attached hydrogens (tertiary/aromatic N) is 2. The van der Waals surface area contributed by atoms with Gasteiger partial charge >= 0.3 is 5.97 Å². The van der Waals surface area contributed by atoms with E-state index in [2.05, 4.69) is 18.5 Å². The van der Waals surface area contributed by atoms with Crippen LogP contribution in [0.15, 0.2) is 55.6 Å². The average Bonchev–Trinajstić information content (AvgIpc) is 3.69. The third-order valence-corrected chi connectivity index (χ3v) is 9.78. The first-order valence-electron chi connectivity index (χ1n) is 16.0. The normalized spacial score (nSPS) is 28.3. The van der Waals surface area contributed by atoms with Crippen LogP contribution in [-0.4, -0.2) is 88.7 Å². The molecule has 5 rings (SSSR count). The topological polar surface area (TPSA) is 125 Å². The lowest BCUT2D eigenvalue weighted by Crippen LogP contribution is -2.58. The van der Waals surface area contributed by atoms with Crippen LogP contribution in [0.4, 0.5) is 0 Å². The SMILES string of the molecule is C=CCCC(=O)OC[C@H](NC(=O)[C@@H]1[C@H]2C(=O)N(CCO)[C@H](C(=O)N(CC=C)C3CCCCC3)[C@]23CC[C@H]1O3)c1ccccc1. The molecule has 238 valence electrons. The second-order valence-corrected chi connectivity index (χ2v) is 12.4. The van der Waals surface area contributed by atoms with Crippen molar-refractivity contribution in [2.75, 3.05) is 26.3 Å². The minimum absolute atomic E-state index is 0.0181. The fourth-order valence-electron chi connectivity index (χ4n) is 7.83. The second kappa shape index (κ2) is 14.1. The van der Waals surface area contributed by atoms with E-state index in [1.165, 1.54) is 4.90 Å². The zero-order valence-electron chi connectivity index (χ0n) is 25.4. The van der Waals surface area contributed by atoms with Crippen molar-refractivity contribution < 1.29 is 33.8 Å². The van der Waals surface area contributed by atoms with Gasteiger partial charge in [-0.3, -0.25) is 19.2 Å². The number of ether oxygens (including phenoxy) is 2. The largest absolute Gasteiger partial charge is 0.463 e. The number of carbonyl (C=O) groups is 4. The van der Waals surface area contributed by atoms with Gasteiger partial charge in [0.2, 0.25) is 17.7 Å². The van der Waals surface area contributed by atoms with Crippen molar-refractivity contribution in [1.29, 1.82) is 0 Å². The Morgan fingerprint density at radius 1 is 1.14 bits per heavy atom. The molecule has 0 aromatic heterocycles. The molecule has 2 N–H and O–H groups in total. The maximum absolute atomic E-state index is 14.4. The standard InChI is InChI=1S/C34H45N3O7/c1-3-5-16-27(39)43-22-25(23-12-8-6-9-13-23)35-31(40)28-26-17-18-34(44-26)29(28)32(41)37(20-21-38)30(34)33(42)36(19-4-2)24-14-10-7-11-15-24/h3-4,6,8-9,12-13,24-26,28-30,38H,1-2,5,7,10-11,14-22H2,(H,35,40)/t25-,26+,28-,29-,30+,34-/m0/s1. The number of aliphatic hydroxyl groups excluding tert-OH is 1. The minimum Gasteiger partial charge on any atom is -0.463 e. The number of benzene rings is 1. The molecule has 10 nitrogen and oxygen atoms in total. The number of hydrogen-bond acceptors (Lipinski definition) is 7. The zero-order valence-corrected chi connectivity index (χ0v) is 25.4. The fraction of sp³-hybridized carbons (Fsp3) is 0.588. The maximum atomic E-state index is 14.4. The lowest BCUT2D eigenvalue weighted by atomic mass is 9.70.